The van der Waals surface area contributed by atoms with E-state index in [2.05, 4.69) is 0 Å². The van der Waals surface area contributed by atoms with Gasteiger partial charge in [0.05, 0.1) is 13.1 Å². The first-order chi connectivity index (χ1) is 13.7. The molecule has 0 spiro atoms. The van der Waals surface area contributed by atoms with E-state index in [4.69, 9.17) is 0 Å². The molecule has 1 aromatic carbocycles. The summed E-state index contributed by atoms with van der Waals surface area (Å²) in [6.07, 6.45) is 0. The van der Waals surface area contributed by atoms with Gasteiger partial charge in [-0.25, -0.2) is 12.8 Å². The zero-order chi connectivity index (χ0) is 21.6. The summed E-state index contributed by atoms with van der Waals surface area (Å²) in [6.45, 7) is 5.93. The molecule has 0 N–H and O–H groups in total. The Morgan fingerprint density at radius 2 is 1.62 bits per heavy atom. The Morgan fingerprint density at radius 1 is 1.03 bits per heavy atom. The van der Waals surface area contributed by atoms with Crippen molar-refractivity contribution in [2.45, 2.75) is 18.7 Å². The Balaban J connectivity index is 1.89. The minimum Gasteiger partial charge on any atom is -0.342 e. The van der Waals surface area contributed by atoms with Gasteiger partial charge in [-0.05, 0) is 33.0 Å². The van der Waals surface area contributed by atoms with Crippen molar-refractivity contribution in [3.05, 3.63) is 30.1 Å². The number of nitrogens with zero attached hydrogens (tertiary/aromatic N) is 4. The lowest BCUT2D eigenvalue weighted by Gasteiger charge is -2.35. The number of hydrogen-bond donors (Lipinski definition) is 0. The highest BCUT2D eigenvalue weighted by molar-refractivity contribution is 7.89. The average molecular weight is 429 g/mol. The number of sulfonamides is 1. The number of hydrogen-bond acceptors (Lipinski definition) is 5. The first kappa shape index (κ1) is 23.2. The van der Waals surface area contributed by atoms with Gasteiger partial charge in [-0.2, -0.15) is 4.31 Å². The van der Waals surface area contributed by atoms with E-state index < -0.39 is 15.8 Å². The van der Waals surface area contributed by atoms with E-state index in [1.54, 1.807) is 21.7 Å². The van der Waals surface area contributed by atoms with Gasteiger partial charge in [0.25, 0.3) is 0 Å². The topological polar surface area (TPSA) is 81.2 Å². The van der Waals surface area contributed by atoms with Crippen LogP contribution in [0.3, 0.4) is 0 Å². The molecule has 0 saturated carbocycles. The summed E-state index contributed by atoms with van der Waals surface area (Å²) in [4.78, 5) is 29.2. The largest absolute Gasteiger partial charge is 0.342 e. The van der Waals surface area contributed by atoms with Gasteiger partial charge in [-0.3, -0.25) is 14.5 Å². The lowest BCUT2D eigenvalue weighted by molar-refractivity contribution is -0.135. The third-order valence-electron chi connectivity index (χ3n) is 4.97. The van der Waals surface area contributed by atoms with E-state index >= 15 is 0 Å². The fourth-order valence-electron chi connectivity index (χ4n) is 3.26. The quantitative estimate of drug-likeness (QED) is 0.601. The number of benzene rings is 1. The Hall–Kier alpha value is -2.04. The molecule has 1 aliphatic heterocycles. The molecule has 0 aromatic heterocycles. The molecule has 0 atom stereocenters. The second kappa shape index (κ2) is 10.1. The van der Waals surface area contributed by atoms with Crippen LogP contribution in [0.15, 0.2) is 29.2 Å². The van der Waals surface area contributed by atoms with Crippen LogP contribution in [0.4, 0.5) is 4.39 Å². The highest BCUT2D eigenvalue weighted by Crippen LogP contribution is 2.20. The number of carbonyl (C=O) groups excluding carboxylic acids is 2. The van der Waals surface area contributed by atoms with Crippen LogP contribution in [0.2, 0.25) is 0 Å². The lowest BCUT2D eigenvalue weighted by atomic mass is 10.3. The molecule has 0 bridgehead atoms. The zero-order valence-corrected chi connectivity index (χ0v) is 18.0. The van der Waals surface area contributed by atoms with Crippen molar-refractivity contribution in [2.75, 3.05) is 59.4 Å². The lowest BCUT2D eigenvalue weighted by Crippen LogP contribution is -2.52. The maximum absolute atomic E-state index is 13.9. The van der Waals surface area contributed by atoms with Crippen molar-refractivity contribution in [1.29, 1.82) is 0 Å². The predicted octanol–water partition coefficient (Wildman–Crippen LogP) is 0.459. The monoisotopic (exact) mass is 428 g/mol. The molecule has 10 heteroatoms. The summed E-state index contributed by atoms with van der Waals surface area (Å²) < 4.78 is 40.4. The molecule has 0 radical (unpaired) electrons. The Bertz CT molecular complexity index is 821. The van der Waals surface area contributed by atoms with Gasteiger partial charge in [0.15, 0.2) is 0 Å². The number of amides is 2. The van der Waals surface area contributed by atoms with E-state index in [-0.39, 0.29) is 56.0 Å². The summed E-state index contributed by atoms with van der Waals surface area (Å²) >= 11 is 0. The van der Waals surface area contributed by atoms with Gasteiger partial charge in [-0.15, -0.1) is 0 Å². The number of rotatable bonds is 8. The van der Waals surface area contributed by atoms with Gasteiger partial charge in [0.2, 0.25) is 21.8 Å². The van der Waals surface area contributed by atoms with Gasteiger partial charge in [-0.1, -0.05) is 12.1 Å². The molecule has 1 fully saturated rings. The first-order valence-corrected chi connectivity index (χ1v) is 11.1. The number of piperazine rings is 1. The van der Waals surface area contributed by atoms with Gasteiger partial charge >= 0.3 is 0 Å². The molecule has 1 heterocycles. The van der Waals surface area contributed by atoms with E-state index in [0.717, 1.165) is 6.07 Å². The Labute approximate surface area is 171 Å². The van der Waals surface area contributed by atoms with Crippen LogP contribution in [0.5, 0.6) is 0 Å². The number of halogens is 1. The smallest absolute Gasteiger partial charge is 0.246 e. The predicted molar refractivity (Wildman–Crippen MR) is 107 cm³/mol. The maximum atomic E-state index is 13.9. The van der Waals surface area contributed by atoms with Crippen molar-refractivity contribution in [3.8, 4) is 0 Å². The molecule has 1 saturated heterocycles. The van der Waals surface area contributed by atoms with Crippen LogP contribution in [-0.4, -0.2) is 98.6 Å². The zero-order valence-electron chi connectivity index (χ0n) is 17.2. The standard InChI is InChI=1S/C19H29FN4O4S/c1-4-22(5-2)18(25)14-21(3)15-19(26)23-10-12-24(13-11-23)29(27,28)17-9-7-6-8-16(17)20/h6-9H,4-5,10-15H2,1-3H3. The SMILES string of the molecule is CCN(CC)C(=O)CN(C)CC(=O)N1CCN(S(=O)(=O)c2ccccc2F)CC1. The number of likely N-dealkylation sites (N-methyl/N-ethyl adjacent to an activating group) is 2. The summed E-state index contributed by atoms with van der Waals surface area (Å²) in [5, 5.41) is 0. The Kier molecular flexibility index (Phi) is 8.12. The van der Waals surface area contributed by atoms with Crippen LogP contribution < -0.4 is 0 Å². The maximum Gasteiger partial charge on any atom is 0.246 e. The number of carbonyl (C=O) groups is 2. The van der Waals surface area contributed by atoms with E-state index in [1.165, 1.54) is 22.5 Å². The van der Waals surface area contributed by atoms with Crippen molar-refractivity contribution in [1.82, 2.24) is 19.0 Å². The minimum absolute atomic E-state index is 0.0360. The van der Waals surface area contributed by atoms with Crippen LogP contribution in [0.1, 0.15) is 13.8 Å². The molecule has 1 aliphatic rings. The van der Waals surface area contributed by atoms with E-state index in [9.17, 15) is 22.4 Å². The van der Waals surface area contributed by atoms with Crippen molar-refractivity contribution in [2.24, 2.45) is 0 Å². The Morgan fingerprint density at radius 3 is 2.17 bits per heavy atom. The van der Waals surface area contributed by atoms with Gasteiger partial charge < -0.3 is 9.80 Å². The molecular weight excluding hydrogens is 399 g/mol. The normalized spacial score (nSPS) is 15.6. The third-order valence-corrected chi connectivity index (χ3v) is 6.90. The van der Waals surface area contributed by atoms with Gasteiger partial charge in [0.1, 0.15) is 10.7 Å². The third kappa shape index (κ3) is 5.74. The highest BCUT2D eigenvalue weighted by atomic mass is 32.2. The van der Waals surface area contributed by atoms with Crippen LogP contribution in [0, 0.1) is 5.82 Å². The molecule has 2 rings (SSSR count). The molecular formula is C19H29FN4O4S. The second-order valence-electron chi connectivity index (χ2n) is 6.95. The van der Waals surface area contributed by atoms with Gasteiger partial charge in [0, 0.05) is 39.3 Å². The van der Waals surface area contributed by atoms with E-state index in [0.29, 0.717) is 13.1 Å². The second-order valence-corrected chi connectivity index (χ2v) is 8.86. The first-order valence-electron chi connectivity index (χ1n) is 9.69. The van der Waals surface area contributed by atoms with E-state index in [1.807, 2.05) is 13.8 Å². The fourth-order valence-corrected chi connectivity index (χ4v) is 4.75. The molecule has 29 heavy (non-hydrogen) atoms. The molecule has 0 unspecified atom stereocenters. The summed E-state index contributed by atoms with van der Waals surface area (Å²) in [5.74, 6) is -0.987. The average Bonchev–Trinajstić information content (AvgIpc) is 2.69. The molecule has 0 aliphatic carbocycles. The van der Waals surface area contributed by atoms with Crippen LogP contribution in [0.25, 0.3) is 0 Å². The summed E-state index contributed by atoms with van der Waals surface area (Å²) in [7, 11) is -2.23. The van der Waals surface area contributed by atoms with Crippen LogP contribution in [-0.2, 0) is 19.6 Å². The summed E-state index contributed by atoms with van der Waals surface area (Å²) in [6, 6.07) is 5.27. The molecule has 2 amide bonds. The minimum atomic E-state index is -3.94. The molecule has 8 nitrogen and oxygen atoms in total. The molecule has 162 valence electrons. The highest BCUT2D eigenvalue weighted by Gasteiger charge is 2.32. The van der Waals surface area contributed by atoms with Crippen LogP contribution >= 0.6 is 0 Å². The molecule has 1 aromatic rings. The van der Waals surface area contributed by atoms with Crippen molar-refractivity contribution < 1.29 is 22.4 Å². The fraction of sp³-hybridized carbons (Fsp3) is 0.579. The van der Waals surface area contributed by atoms with Crippen molar-refractivity contribution in [3.63, 3.8) is 0 Å². The van der Waals surface area contributed by atoms with Crippen molar-refractivity contribution >= 4 is 21.8 Å². The summed E-state index contributed by atoms with van der Waals surface area (Å²) in [5.41, 5.74) is 0.